The minimum atomic E-state index is 0.741. The molecule has 1 aliphatic rings. The average Bonchev–Trinajstić information content (AvgIpc) is 2.38. The van der Waals surface area contributed by atoms with E-state index >= 15 is 0 Å². The molecule has 0 saturated carbocycles. The van der Waals surface area contributed by atoms with Gasteiger partial charge in [0.05, 0.1) is 0 Å². The van der Waals surface area contributed by atoms with E-state index < -0.39 is 0 Å². The van der Waals surface area contributed by atoms with Crippen LogP contribution in [0.1, 0.15) is 40.5 Å². The molecule has 0 aliphatic heterocycles. The summed E-state index contributed by atoms with van der Waals surface area (Å²) in [5.74, 6) is 0.741. The molecular formula is C11H20. The van der Waals surface area contributed by atoms with E-state index in [-0.39, 0.29) is 0 Å². The van der Waals surface area contributed by atoms with Gasteiger partial charge in [-0.05, 0) is 12.3 Å². The van der Waals surface area contributed by atoms with Crippen LogP contribution in [0.25, 0.3) is 0 Å². The minimum Gasteiger partial charge on any atom is -0.0805 e. The third-order valence-electron chi connectivity index (χ3n) is 1.54. The number of rotatable bonds is 1. The van der Waals surface area contributed by atoms with Crippen molar-refractivity contribution in [1.29, 1.82) is 0 Å². The summed E-state index contributed by atoms with van der Waals surface area (Å²) in [6.45, 7) is 8.72. The van der Waals surface area contributed by atoms with Crippen LogP contribution < -0.4 is 0 Å². The molecule has 0 saturated heterocycles. The van der Waals surface area contributed by atoms with E-state index in [0.29, 0.717) is 0 Å². The number of allylic oxidation sites excluding steroid dienone is 4. The van der Waals surface area contributed by atoms with Crippen LogP contribution in [0, 0.1) is 5.92 Å². The average molecular weight is 152 g/mol. The number of hydrogen-bond donors (Lipinski definition) is 0. The predicted octanol–water partition coefficient (Wildman–Crippen LogP) is 3.95. The first-order chi connectivity index (χ1) is 5.22. The second-order valence-electron chi connectivity index (χ2n) is 3.24. The summed E-state index contributed by atoms with van der Waals surface area (Å²) in [4.78, 5) is 0. The highest BCUT2D eigenvalue weighted by Crippen LogP contribution is 2.18. The Hall–Kier alpha value is -0.520. The molecular weight excluding hydrogens is 132 g/mol. The lowest BCUT2D eigenvalue weighted by Crippen LogP contribution is -1.88. The van der Waals surface area contributed by atoms with Gasteiger partial charge in [0, 0.05) is 0 Å². The van der Waals surface area contributed by atoms with Crippen LogP contribution in [-0.2, 0) is 0 Å². The molecule has 0 heterocycles. The van der Waals surface area contributed by atoms with Crippen molar-refractivity contribution < 1.29 is 0 Å². The van der Waals surface area contributed by atoms with Crippen LogP contribution in [-0.4, -0.2) is 0 Å². The van der Waals surface area contributed by atoms with Crippen LogP contribution in [0.4, 0.5) is 0 Å². The molecule has 0 unspecified atom stereocenters. The lowest BCUT2D eigenvalue weighted by molar-refractivity contribution is 0.753. The van der Waals surface area contributed by atoms with E-state index in [1.165, 1.54) is 12.8 Å². The van der Waals surface area contributed by atoms with Crippen molar-refractivity contribution in [2.45, 2.75) is 40.5 Å². The molecule has 0 spiro atoms. The van der Waals surface area contributed by atoms with Gasteiger partial charge in [0.1, 0.15) is 0 Å². The molecule has 0 aromatic carbocycles. The quantitative estimate of drug-likeness (QED) is 0.534. The molecule has 0 nitrogen and oxygen atoms in total. The fourth-order valence-electron chi connectivity index (χ4n) is 0.892. The van der Waals surface area contributed by atoms with E-state index in [9.17, 15) is 0 Å². The number of hydrogen-bond acceptors (Lipinski definition) is 0. The van der Waals surface area contributed by atoms with Crippen LogP contribution >= 0.6 is 0 Å². The smallest absolute Gasteiger partial charge is 0.0130 e. The van der Waals surface area contributed by atoms with Gasteiger partial charge in [-0.3, -0.25) is 0 Å². The highest BCUT2D eigenvalue weighted by Gasteiger charge is 2.01. The summed E-state index contributed by atoms with van der Waals surface area (Å²) in [5, 5.41) is 0. The normalized spacial score (nSPS) is 14.5. The predicted molar refractivity (Wildman–Crippen MR) is 52.6 cm³/mol. The Balaban J connectivity index is 0.000000292. The van der Waals surface area contributed by atoms with Gasteiger partial charge < -0.3 is 0 Å². The van der Waals surface area contributed by atoms with E-state index in [1.54, 1.807) is 5.57 Å². The minimum absolute atomic E-state index is 0.741. The summed E-state index contributed by atoms with van der Waals surface area (Å²) in [5.41, 5.74) is 1.56. The lowest BCUT2D eigenvalue weighted by atomic mass is 10.0. The first-order valence-corrected chi connectivity index (χ1v) is 4.57. The zero-order valence-electron chi connectivity index (χ0n) is 8.22. The second kappa shape index (κ2) is 6.21. The molecule has 0 aromatic rings. The molecule has 11 heavy (non-hydrogen) atoms. The van der Waals surface area contributed by atoms with Crippen LogP contribution in [0.5, 0.6) is 0 Å². The Kier molecular flexibility index (Phi) is 5.91. The fourth-order valence-corrected chi connectivity index (χ4v) is 0.892. The van der Waals surface area contributed by atoms with Crippen molar-refractivity contribution >= 4 is 0 Å². The van der Waals surface area contributed by atoms with Crippen LogP contribution in [0.15, 0.2) is 23.8 Å². The largest absolute Gasteiger partial charge is 0.0805 e. The Morgan fingerprint density at radius 1 is 1.36 bits per heavy atom. The summed E-state index contributed by atoms with van der Waals surface area (Å²) in [7, 11) is 0. The summed E-state index contributed by atoms with van der Waals surface area (Å²) in [6, 6.07) is 0. The molecule has 0 amide bonds. The van der Waals surface area contributed by atoms with Crippen molar-refractivity contribution in [3.8, 4) is 0 Å². The second-order valence-corrected chi connectivity index (χ2v) is 3.24. The van der Waals surface area contributed by atoms with Crippen molar-refractivity contribution in [1.82, 2.24) is 0 Å². The van der Waals surface area contributed by atoms with Gasteiger partial charge in [-0.1, -0.05) is 57.9 Å². The molecule has 64 valence electrons. The third kappa shape index (κ3) is 4.83. The first-order valence-electron chi connectivity index (χ1n) is 4.57. The third-order valence-corrected chi connectivity index (χ3v) is 1.54. The van der Waals surface area contributed by atoms with Crippen LogP contribution in [0.3, 0.4) is 0 Å². The molecule has 0 bridgehead atoms. The van der Waals surface area contributed by atoms with Gasteiger partial charge in [0.2, 0.25) is 0 Å². The lowest BCUT2D eigenvalue weighted by Gasteiger charge is -2.02. The maximum Gasteiger partial charge on any atom is -0.0130 e. The van der Waals surface area contributed by atoms with E-state index in [1.807, 2.05) is 0 Å². The van der Waals surface area contributed by atoms with Gasteiger partial charge in [0.15, 0.2) is 0 Å². The topological polar surface area (TPSA) is 0 Å². The van der Waals surface area contributed by atoms with Gasteiger partial charge in [-0.2, -0.15) is 0 Å². The Labute approximate surface area is 71.0 Å². The highest BCUT2D eigenvalue weighted by molar-refractivity contribution is 5.23. The van der Waals surface area contributed by atoms with Gasteiger partial charge >= 0.3 is 0 Å². The Morgan fingerprint density at radius 2 is 1.91 bits per heavy atom. The molecule has 1 rings (SSSR count). The maximum absolute atomic E-state index is 2.23. The van der Waals surface area contributed by atoms with Crippen molar-refractivity contribution in [3.05, 3.63) is 23.8 Å². The van der Waals surface area contributed by atoms with Crippen molar-refractivity contribution in [2.24, 2.45) is 5.92 Å². The SMILES string of the molecule is CC(C)C1=CC=CC1.CCC. The van der Waals surface area contributed by atoms with Crippen molar-refractivity contribution in [2.75, 3.05) is 0 Å². The molecule has 1 aliphatic carbocycles. The van der Waals surface area contributed by atoms with Crippen LogP contribution in [0.2, 0.25) is 0 Å². The summed E-state index contributed by atoms with van der Waals surface area (Å²) < 4.78 is 0. The zero-order chi connectivity index (χ0) is 8.69. The maximum atomic E-state index is 2.23. The zero-order valence-corrected chi connectivity index (χ0v) is 8.22. The molecule has 0 heteroatoms. The van der Waals surface area contributed by atoms with Gasteiger partial charge in [-0.15, -0.1) is 0 Å². The van der Waals surface area contributed by atoms with Gasteiger partial charge in [0.25, 0.3) is 0 Å². The summed E-state index contributed by atoms with van der Waals surface area (Å²) in [6.07, 6.45) is 8.98. The highest BCUT2D eigenvalue weighted by atomic mass is 14.1. The Morgan fingerprint density at radius 3 is 2.09 bits per heavy atom. The molecule has 0 N–H and O–H groups in total. The van der Waals surface area contributed by atoms with E-state index in [2.05, 4.69) is 45.9 Å². The molecule has 0 atom stereocenters. The first kappa shape index (κ1) is 10.5. The van der Waals surface area contributed by atoms with E-state index in [0.717, 1.165) is 5.92 Å². The molecule has 0 radical (unpaired) electrons. The fraction of sp³-hybridized carbons (Fsp3) is 0.636. The van der Waals surface area contributed by atoms with Gasteiger partial charge in [-0.25, -0.2) is 0 Å². The van der Waals surface area contributed by atoms with Crippen molar-refractivity contribution in [3.63, 3.8) is 0 Å². The Bertz CT molecular complexity index is 138. The molecule has 0 fully saturated rings. The summed E-state index contributed by atoms with van der Waals surface area (Å²) >= 11 is 0. The van der Waals surface area contributed by atoms with E-state index in [4.69, 9.17) is 0 Å². The molecule has 0 aromatic heterocycles. The monoisotopic (exact) mass is 152 g/mol. The standard InChI is InChI=1S/C8H12.C3H8/c1-7(2)8-5-3-4-6-8;1-3-2/h3-5,7H,6H2,1-2H3;3H2,1-2H3.